The molecule has 0 atom stereocenters. The van der Waals surface area contributed by atoms with Gasteiger partial charge in [0, 0.05) is 36.4 Å². The van der Waals surface area contributed by atoms with E-state index in [9.17, 15) is 4.79 Å². The second-order valence-electron chi connectivity index (χ2n) is 4.47. The molecule has 0 bridgehead atoms. The average Bonchev–Trinajstić information content (AvgIpc) is 2.80. The molecule has 0 saturated heterocycles. The minimum atomic E-state index is -0.0517. The van der Waals surface area contributed by atoms with Gasteiger partial charge in [0.25, 0.3) is 0 Å². The Morgan fingerprint density at radius 2 is 2.25 bits per heavy atom. The van der Waals surface area contributed by atoms with Crippen LogP contribution in [0, 0.1) is 0 Å². The van der Waals surface area contributed by atoms with Crippen molar-refractivity contribution < 1.29 is 4.79 Å². The number of hydrogen-bond donors (Lipinski definition) is 2. The van der Waals surface area contributed by atoms with E-state index < -0.39 is 0 Å². The van der Waals surface area contributed by atoms with Crippen molar-refractivity contribution in [3.8, 4) is 0 Å². The van der Waals surface area contributed by atoms with E-state index in [2.05, 4.69) is 31.7 Å². The molecule has 0 radical (unpaired) electrons. The predicted molar refractivity (Wildman–Crippen MR) is 82.6 cm³/mol. The predicted octanol–water partition coefficient (Wildman–Crippen LogP) is 1.95. The Kier molecular flexibility index (Phi) is 5.31. The number of nitrogens with one attached hydrogen (secondary N) is 2. The third-order valence-electron chi connectivity index (χ3n) is 2.72. The summed E-state index contributed by atoms with van der Waals surface area (Å²) in [5.41, 5.74) is 1.81. The Hall–Kier alpha value is -1.66. The molecule has 6 heteroatoms. The third kappa shape index (κ3) is 4.79. The van der Waals surface area contributed by atoms with Crippen molar-refractivity contribution in [2.24, 2.45) is 7.05 Å². The molecule has 2 rings (SSSR count). The molecule has 0 aliphatic heterocycles. The first-order valence-electron chi connectivity index (χ1n) is 6.38. The van der Waals surface area contributed by atoms with Crippen molar-refractivity contribution in [1.29, 1.82) is 0 Å². The van der Waals surface area contributed by atoms with E-state index in [1.54, 1.807) is 4.68 Å². The molecule has 0 saturated carbocycles. The van der Waals surface area contributed by atoms with Crippen LogP contribution < -0.4 is 10.6 Å². The van der Waals surface area contributed by atoms with Crippen LogP contribution in [0.25, 0.3) is 0 Å². The summed E-state index contributed by atoms with van der Waals surface area (Å²) in [6.07, 6.45) is 2.72. The maximum atomic E-state index is 11.7. The lowest BCUT2D eigenvalue weighted by atomic mass is 10.3. The van der Waals surface area contributed by atoms with E-state index in [0.29, 0.717) is 6.54 Å². The van der Waals surface area contributed by atoms with Gasteiger partial charge in [-0.1, -0.05) is 22.0 Å². The normalized spacial score (nSPS) is 10.5. The molecule has 5 nitrogen and oxygen atoms in total. The second kappa shape index (κ2) is 7.21. The van der Waals surface area contributed by atoms with Crippen molar-refractivity contribution in [3.63, 3.8) is 0 Å². The van der Waals surface area contributed by atoms with Crippen molar-refractivity contribution >= 4 is 27.5 Å². The van der Waals surface area contributed by atoms with Crippen LogP contribution in [0.4, 0.5) is 5.69 Å². The Morgan fingerprint density at radius 3 is 2.95 bits per heavy atom. The van der Waals surface area contributed by atoms with Crippen molar-refractivity contribution in [2.45, 2.75) is 6.42 Å². The number of rotatable bonds is 6. The van der Waals surface area contributed by atoms with Gasteiger partial charge in [-0.05, 0) is 24.3 Å². The molecule has 2 N–H and O–H groups in total. The number of aromatic nitrogens is 2. The SMILES string of the molecule is Cn1ccc(CCNCC(=O)Nc2cccc(Br)c2)n1. The van der Waals surface area contributed by atoms with Gasteiger partial charge in [0.05, 0.1) is 12.2 Å². The lowest BCUT2D eigenvalue weighted by Crippen LogP contribution is -2.29. The minimum Gasteiger partial charge on any atom is -0.325 e. The van der Waals surface area contributed by atoms with Crippen LogP contribution in [0.1, 0.15) is 5.69 Å². The van der Waals surface area contributed by atoms with Crippen LogP contribution in [0.2, 0.25) is 0 Å². The van der Waals surface area contributed by atoms with Crippen molar-refractivity contribution in [3.05, 3.63) is 46.7 Å². The average molecular weight is 337 g/mol. The van der Waals surface area contributed by atoms with Gasteiger partial charge in [-0.15, -0.1) is 0 Å². The number of anilines is 1. The largest absolute Gasteiger partial charge is 0.325 e. The zero-order valence-corrected chi connectivity index (χ0v) is 12.9. The number of aryl methyl sites for hydroxylation is 1. The number of carbonyl (C=O) groups is 1. The van der Waals surface area contributed by atoms with Crippen LogP contribution in [0.3, 0.4) is 0 Å². The molecule has 1 aromatic heterocycles. The topological polar surface area (TPSA) is 59.0 Å². The molecule has 0 unspecified atom stereocenters. The second-order valence-corrected chi connectivity index (χ2v) is 5.38. The zero-order chi connectivity index (χ0) is 14.4. The highest BCUT2D eigenvalue weighted by Gasteiger charge is 2.02. The summed E-state index contributed by atoms with van der Waals surface area (Å²) in [4.78, 5) is 11.7. The lowest BCUT2D eigenvalue weighted by molar-refractivity contribution is -0.115. The summed E-state index contributed by atoms with van der Waals surface area (Å²) in [5.74, 6) is -0.0517. The number of carbonyl (C=O) groups excluding carboxylic acids is 1. The van der Waals surface area contributed by atoms with E-state index in [1.807, 2.05) is 43.6 Å². The molecule has 0 aliphatic rings. The van der Waals surface area contributed by atoms with Crippen LogP contribution >= 0.6 is 15.9 Å². The quantitative estimate of drug-likeness (QED) is 0.792. The fraction of sp³-hybridized carbons (Fsp3) is 0.286. The van der Waals surface area contributed by atoms with Gasteiger partial charge in [0.1, 0.15) is 0 Å². The maximum absolute atomic E-state index is 11.7. The van der Waals surface area contributed by atoms with E-state index in [0.717, 1.165) is 28.8 Å². The van der Waals surface area contributed by atoms with Crippen LogP contribution in [0.5, 0.6) is 0 Å². The first-order chi connectivity index (χ1) is 9.63. The monoisotopic (exact) mass is 336 g/mol. The van der Waals surface area contributed by atoms with Gasteiger partial charge in [-0.3, -0.25) is 9.48 Å². The summed E-state index contributed by atoms with van der Waals surface area (Å²) >= 11 is 3.37. The number of halogens is 1. The molecule has 0 fully saturated rings. The summed E-state index contributed by atoms with van der Waals surface area (Å²) in [6.45, 7) is 1.02. The van der Waals surface area contributed by atoms with Gasteiger partial charge in [0.2, 0.25) is 5.91 Å². The first-order valence-corrected chi connectivity index (χ1v) is 7.17. The summed E-state index contributed by atoms with van der Waals surface area (Å²) < 4.78 is 2.72. The van der Waals surface area contributed by atoms with Crippen LogP contribution in [0.15, 0.2) is 41.0 Å². The molecular formula is C14H17BrN4O. The van der Waals surface area contributed by atoms with Gasteiger partial charge in [-0.2, -0.15) is 5.10 Å². The van der Waals surface area contributed by atoms with E-state index in [1.165, 1.54) is 0 Å². The Labute approximate surface area is 126 Å². The van der Waals surface area contributed by atoms with Gasteiger partial charge >= 0.3 is 0 Å². The molecule has 0 aliphatic carbocycles. The molecular weight excluding hydrogens is 320 g/mol. The third-order valence-corrected chi connectivity index (χ3v) is 3.21. The summed E-state index contributed by atoms with van der Waals surface area (Å²) in [6, 6.07) is 9.50. The zero-order valence-electron chi connectivity index (χ0n) is 11.3. The molecule has 1 heterocycles. The fourth-order valence-electron chi connectivity index (χ4n) is 1.79. The molecule has 20 heavy (non-hydrogen) atoms. The van der Waals surface area contributed by atoms with E-state index in [4.69, 9.17) is 0 Å². The minimum absolute atomic E-state index is 0.0517. The highest BCUT2D eigenvalue weighted by molar-refractivity contribution is 9.10. The van der Waals surface area contributed by atoms with Gasteiger partial charge in [-0.25, -0.2) is 0 Å². The van der Waals surface area contributed by atoms with E-state index in [-0.39, 0.29) is 5.91 Å². The Morgan fingerprint density at radius 1 is 1.40 bits per heavy atom. The first kappa shape index (κ1) is 14.7. The molecule has 0 spiro atoms. The van der Waals surface area contributed by atoms with Crippen molar-refractivity contribution in [2.75, 3.05) is 18.4 Å². The van der Waals surface area contributed by atoms with E-state index >= 15 is 0 Å². The lowest BCUT2D eigenvalue weighted by Gasteiger charge is -2.06. The highest BCUT2D eigenvalue weighted by atomic mass is 79.9. The molecule has 1 aromatic carbocycles. The summed E-state index contributed by atoms with van der Waals surface area (Å²) in [7, 11) is 1.89. The molecule has 1 amide bonds. The highest BCUT2D eigenvalue weighted by Crippen LogP contribution is 2.15. The number of amides is 1. The van der Waals surface area contributed by atoms with Gasteiger partial charge < -0.3 is 10.6 Å². The smallest absolute Gasteiger partial charge is 0.238 e. The number of benzene rings is 1. The Balaban J connectivity index is 1.67. The standard InChI is InChI=1S/C14H17BrN4O/c1-19-8-6-12(18-19)5-7-16-10-14(20)17-13-4-2-3-11(15)9-13/h2-4,6,8-9,16H,5,7,10H2,1H3,(H,17,20). The van der Waals surface area contributed by atoms with Crippen molar-refractivity contribution in [1.82, 2.24) is 15.1 Å². The Bertz CT molecular complexity index is 582. The fourth-order valence-corrected chi connectivity index (χ4v) is 2.19. The van der Waals surface area contributed by atoms with Crippen LogP contribution in [-0.4, -0.2) is 28.8 Å². The summed E-state index contributed by atoms with van der Waals surface area (Å²) in [5, 5.41) is 10.2. The van der Waals surface area contributed by atoms with Gasteiger partial charge in [0.15, 0.2) is 0 Å². The number of nitrogens with zero attached hydrogens (tertiary/aromatic N) is 2. The maximum Gasteiger partial charge on any atom is 0.238 e. The molecule has 2 aromatic rings. The number of hydrogen-bond acceptors (Lipinski definition) is 3. The molecule has 106 valence electrons. The van der Waals surface area contributed by atoms with Crippen LogP contribution in [-0.2, 0) is 18.3 Å².